The van der Waals surface area contributed by atoms with Crippen molar-refractivity contribution in [2.75, 3.05) is 19.0 Å². The molecule has 0 radical (unpaired) electrons. The van der Waals surface area contributed by atoms with Gasteiger partial charge >= 0.3 is 5.97 Å². The number of hydrogen-bond acceptors (Lipinski definition) is 6. The molecule has 0 saturated carbocycles. The minimum absolute atomic E-state index is 0.111. The van der Waals surface area contributed by atoms with Gasteiger partial charge in [0.05, 0.1) is 12.7 Å². The molecule has 6 nitrogen and oxygen atoms in total. The minimum atomic E-state index is -0.784. The number of methoxy groups -OCH3 is 1. The number of rotatable bonds is 3. The summed E-state index contributed by atoms with van der Waals surface area (Å²) in [5.74, 6) is 0.296. The summed E-state index contributed by atoms with van der Waals surface area (Å²) >= 11 is 1.33. The highest BCUT2D eigenvalue weighted by atomic mass is 32.1. The number of nitrogens with one attached hydrogen (secondary N) is 1. The number of carbonyl (C=O) groups is 2. The van der Waals surface area contributed by atoms with Gasteiger partial charge in [0.2, 0.25) is 6.10 Å². The Labute approximate surface area is 143 Å². The summed E-state index contributed by atoms with van der Waals surface area (Å²) in [4.78, 5) is 25.4. The summed E-state index contributed by atoms with van der Waals surface area (Å²) < 4.78 is 16.0. The van der Waals surface area contributed by atoms with Gasteiger partial charge in [-0.25, -0.2) is 4.79 Å². The van der Waals surface area contributed by atoms with Crippen LogP contribution in [-0.2, 0) is 9.53 Å². The van der Waals surface area contributed by atoms with Gasteiger partial charge in [-0.15, -0.1) is 11.3 Å². The number of thiophene rings is 1. The van der Waals surface area contributed by atoms with E-state index in [-0.39, 0.29) is 12.5 Å². The predicted molar refractivity (Wildman–Crippen MR) is 90.1 cm³/mol. The van der Waals surface area contributed by atoms with E-state index in [2.05, 4.69) is 5.32 Å². The summed E-state index contributed by atoms with van der Waals surface area (Å²) in [7, 11) is 1.31. The summed E-state index contributed by atoms with van der Waals surface area (Å²) in [6.45, 7) is 3.82. The van der Waals surface area contributed by atoms with Crippen molar-refractivity contribution in [2.24, 2.45) is 0 Å². The SMILES string of the molecule is COC(=O)c1c(NC(=O)[C@H]2COc3ccccc3O2)sc(C)c1C. The highest BCUT2D eigenvalue weighted by Gasteiger charge is 2.29. The molecule has 0 spiro atoms. The smallest absolute Gasteiger partial charge is 0.341 e. The van der Waals surface area contributed by atoms with Crippen molar-refractivity contribution in [2.45, 2.75) is 20.0 Å². The van der Waals surface area contributed by atoms with Crippen LogP contribution in [-0.4, -0.2) is 31.7 Å². The van der Waals surface area contributed by atoms with Crippen molar-refractivity contribution < 1.29 is 23.8 Å². The molecule has 0 fully saturated rings. The molecular weight excluding hydrogens is 330 g/mol. The Morgan fingerprint density at radius 3 is 2.67 bits per heavy atom. The van der Waals surface area contributed by atoms with E-state index in [1.165, 1.54) is 18.4 Å². The molecule has 1 aliphatic rings. The third-order valence-corrected chi connectivity index (χ3v) is 4.94. The van der Waals surface area contributed by atoms with Crippen LogP contribution in [0.2, 0.25) is 0 Å². The van der Waals surface area contributed by atoms with E-state index in [1.54, 1.807) is 12.1 Å². The zero-order chi connectivity index (χ0) is 17.3. The number of carbonyl (C=O) groups excluding carboxylic acids is 2. The maximum absolute atomic E-state index is 12.5. The molecule has 1 atom stereocenters. The minimum Gasteiger partial charge on any atom is -0.485 e. The first kappa shape index (κ1) is 16.3. The molecular formula is C17H17NO5S. The first-order valence-corrected chi connectivity index (χ1v) is 8.20. The Hall–Kier alpha value is -2.54. The molecule has 24 heavy (non-hydrogen) atoms. The van der Waals surface area contributed by atoms with Gasteiger partial charge in [0.1, 0.15) is 11.6 Å². The first-order valence-electron chi connectivity index (χ1n) is 7.39. The topological polar surface area (TPSA) is 73.9 Å². The number of benzene rings is 1. The lowest BCUT2D eigenvalue weighted by Gasteiger charge is -2.25. The van der Waals surface area contributed by atoms with Crippen molar-refractivity contribution in [3.05, 3.63) is 40.3 Å². The molecule has 0 bridgehead atoms. The van der Waals surface area contributed by atoms with Gasteiger partial charge in [-0.3, -0.25) is 4.79 Å². The summed E-state index contributed by atoms with van der Waals surface area (Å²) in [5.41, 5.74) is 1.18. The van der Waals surface area contributed by atoms with Gasteiger partial charge in [0.25, 0.3) is 5.91 Å². The second kappa shape index (κ2) is 6.52. The van der Waals surface area contributed by atoms with Gasteiger partial charge in [-0.05, 0) is 31.5 Å². The largest absolute Gasteiger partial charge is 0.485 e. The van der Waals surface area contributed by atoms with Crippen molar-refractivity contribution >= 4 is 28.2 Å². The predicted octanol–water partition coefficient (Wildman–Crippen LogP) is 2.93. The van der Waals surface area contributed by atoms with Crippen LogP contribution in [0.4, 0.5) is 5.00 Å². The standard InChI is InChI=1S/C17H17NO5S/c1-9-10(2)24-16(14(9)17(20)21-3)18-15(19)13-8-22-11-6-4-5-7-12(11)23-13/h4-7,13H,8H2,1-3H3,(H,18,19)/t13-/m1/s1. The fraction of sp³-hybridized carbons (Fsp3) is 0.294. The Balaban J connectivity index is 1.79. The summed E-state index contributed by atoms with van der Waals surface area (Å²) in [5, 5.41) is 3.22. The molecule has 1 amide bonds. The fourth-order valence-corrected chi connectivity index (χ4v) is 3.46. The van der Waals surface area contributed by atoms with Crippen LogP contribution in [0.3, 0.4) is 0 Å². The molecule has 126 valence electrons. The molecule has 2 aromatic rings. The van der Waals surface area contributed by atoms with E-state index in [9.17, 15) is 9.59 Å². The van der Waals surface area contributed by atoms with Crippen molar-refractivity contribution in [3.8, 4) is 11.5 Å². The van der Waals surface area contributed by atoms with E-state index >= 15 is 0 Å². The molecule has 1 aromatic heterocycles. The maximum Gasteiger partial charge on any atom is 0.341 e. The van der Waals surface area contributed by atoms with Gasteiger partial charge in [-0.1, -0.05) is 12.1 Å². The van der Waals surface area contributed by atoms with Crippen molar-refractivity contribution in [1.82, 2.24) is 0 Å². The quantitative estimate of drug-likeness (QED) is 0.864. The average molecular weight is 347 g/mol. The monoisotopic (exact) mass is 347 g/mol. The van der Waals surface area contributed by atoms with Crippen LogP contribution >= 0.6 is 11.3 Å². The second-order valence-corrected chi connectivity index (χ2v) is 6.56. The van der Waals surface area contributed by atoms with Crippen molar-refractivity contribution in [1.29, 1.82) is 0 Å². The molecule has 1 aromatic carbocycles. The van der Waals surface area contributed by atoms with E-state index < -0.39 is 12.1 Å². The van der Waals surface area contributed by atoms with Crippen LogP contribution in [0.1, 0.15) is 20.8 Å². The second-order valence-electron chi connectivity index (χ2n) is 5.33. The van der Waals surface area contributed by atoms with Crippen LogP contribution < -0.4 is 14.8 Å². The Morgan fingerprint density at radius 2 is 1.96 bits per heavy atom. The highest BCUT2D eigenvalue weighted by Crippen LogP contribution is 2.34. The lowest BCUT2D eigenvalue weighted by atomic mass is 10.1. The normalized spacial score (nSPS) is 15.7. The van der Waals surface area contributed by atoms with Gasteiger partial charge in [-0.2, -0.15) is 0 Å². The number of fused-ring (bicyclic) bond motifs is 1. The Bertz CT molecular complexity index is 798. The zero-order valence-corrected chi connectivity index (χ0v) is 14.4. The first-order chi connectivity index (χ1) is 11.5. The molecule has 0 unspecified atom stereocenters. The highest BCUT2D eigenvalue weighted by molar-refractivity contribution is 7.16. The zero-order valence-electron chi connectivity index (χ0n) is 13.5. The number of esters is 1. The summed E-state index contributed by atoms with van der Waals surface area (Å²) in [6, 6.07) is 7.17. The average Bonchev–Trinajstić information content (AvgIpc) is 2.87. The Morgan fingerprint density at radius 1 is 1.25 bits per heavy atom. The number of amides is 1. The number of para-hydroxylation sites is 2. The van der Waals surface area contributed by atoms with Crippen LogP contribution in [0.25, 0.3) is 0 Å². The number of ether oxygens (including phenoxy) is 3. The van der Waals surface area contributed by atoms with Crippen LogP contribution in [0, 0.1) is 13.8 Å². The van der Waals surface area contributed by atoms with Crippen LogP contribution in [0.15, 0.2) is 24.3 Å². The Kier molecular flexibility index (Phi) is 4.44. The van der Waals surface area contributed by atoms with Crippen LogP contribution in [0.5, 0.6) is 11.5 Å². The molecule has 1 aliphatic heterocycles. The third kappa shape index (κ3) is 2.94. The van der Waals surface area contributed by atoms with Gasteiger partial charge in [0.15, 0.2) is 11.5 Å². The molecule has 3 rings (SSSR count). The number of hydrogen-bond donors (Lipinski definition) is 1. The number of anilines is 1. The summed E-state index contributed by atoms with van der Waals surface area (Å²) in [6.07, 6.45) is -0.784. The van der Waals surface area contributed by atoms with Gasteiger partial charge < -0.3 is 19.5 Å². The van der Waals surface area contributed by atoms with E-state index in [4.69, 9.17) is 14.2 Å². The lowest BCUT2D eigenvalue weighted by molar-refractivity contribution is -0.125. The fourth-order valence-electron chi connectivity index (χ4n) is 2.40. The molecule has 7 heteroatoms. The number of aryl methyl sites for hydroxylation is 1. The van der Waals surface area contributed by atoms with E-state index in [0.717, 1.165) is 10.4 Å². The van der Waals surface area contributed by atoms with Gasteiger partial charge in [0, 0.05) is 4.88 Å². The molecule has 1 N–H and O–H groups in total. The van der Waals surface area contributed by atoms with E-state index in [0.29, 0.717) is 22.1 Å². The maximum atomic E-state index is 12.5. The molecule has 2 heterocycles. The molecule has 0 aliphatic carbocycles. The van der Waals surface area contributed by atoms with Crippen molar-refractivity contribution in [3.63, 3.8) is 0 Å². The lowest BCUT2D eigenvalue weighted by Crippen LogP contribution is -2.40. The van der Waals surface area contributed by atoms with E-state index in [1.807, 2.05) is 26.0 Å². The molecule has 0 saturated heterocycles. The third-order valence-electron chi connectivity index (χ3n) is 3.81.